The molecule has 2 N–H and O–H groups in total. The molecule has 2 atom stereocenters. The molecular formula is C15H29N3O2. The van der Waals surface area contributed by atoms with Crippen LogP contribution in [0.3, 0.4) is 0 Å². The Morgan fingerprint density at radius 3 is 2.55 bits per heavy atom. The monoisotopic (exact) mass is 283 g/mol. The average molecular weight is 283 g/mol. The Bertz CT molecular complexity index is 314. The lowest BCUT2D eigenvalue weighted by Crippen LogP contribution is -2.52. The summed E-state index contributed by atoms with van der Waals surface area (Å²) < 4.78 is 5.25. The molecule has 5 heteroatoms. The highest BCUT2D eigenvalue weighted by Gasteiger charge is 2.27. The number of hydrogen-bond acceptors (Lipinski definition) is 4. The van der Waals surface area contributed by atoms with Crippen LogP contribution in [0, 0.1) is 0 Å². The van der Waals surface area contributed by atoms with E-state index in [4.69, 9.17) is 4.74 Å². The smallest absolute Gasteiger partial charge is 0.407 e. The van der Waals surface area contributed by atoms with Crippen molar-refractivity contribution in [2.24, 2.45) is 0 Å². The Morgan fingerprint density at radius 2 is 2.00 bits per heavy atom. The third kappa shape index (κ3) is 4.94. The van der Waals surface area contributed by atoms with Crippen molar-refractivity contribution in [3.05, 3.63) is 0 Å². The number of amides is 1. The maximum atomic E-state index is 11.6. The molecule has 116 valence electrons. The molecule has 2 unspecified atom stereocenters. The molecule has 0 aromatic heterocycles. The summed E-state index contributed by atoms with van der Waals surface area (Å²) in [5, 5.41) is 6.41. The van der Waals surface area contributed by atoms with Crippen LogP contribution in [-0.2, 0) is 4.74 Å². The topological polar surface area (TPSA) is 53.6 Å². The predicted octanol–water partition coefficient (Wildman–Crippen LogP) is 1.73. The van der Waals surface area contributed by atoms with Crippen molar-refractivity contribution in [1.82, 2.24) is 15.5 Å². The Kier molecular flexibility index (Phi) is 5.27. The van der Waals surface area contributed by atoms with Gasteiger partial charge in [0.1, 0.15) is 5.60 Å². The summed E-state index contributed by atoms with van der Waals surface area (Å²) in [6.07, 6.45) is 4.73. The van der Waals surface area contributed by atoms with Gasteiger partial charge >= 0.3 is 6.09 Å². The van der Waals surface area contributed by atoms with Gasteiger partial charge < -0.3 is 15.4 Å². The summed E-state index contributed by atoms with van der Waals surface area (Å²) in [5.41, 5.74) is -0.426. The Labute approximate surface area is 122 Å². The lowest BCUT2D eigenvalue weighted by atomic mass is 10.00. The van der Waals surface area contributed by atoms with Crippen LogP contribution < -0.4 is 10.6 Å². The van der Waals surface area contributed by atoms with Gasteiger partial charge in [-0.3, -0.25) is 4.90 Å². The number of alkyl carbamates (subject to hydrolysis) is 1. The lowest BCUT2D eigenvalue weighted by Gasteiger charge is -2.35. The van der Waals surface area contributed by atoms with Gasteiger partial charge in [0.2, 0.25) is 0 Å². The third-order valence-corrected chi connectivity index (χ3v) is 4.04. The van der Waals surface area contributed by atoms with Crippen LogP contribution >= 0.6 is 0 Å². The Hall–Kier alpha value is -0.810. The summed E-state index contributed by atoms with van der Waals surface area (Å²) in [6, 6.07) is 1.07. The largest absolute Gasteiger partial charge is 0.444 e. The molecule has 0 bridgehead atoms. The standard InChI is InChI=1S/C15H29N3O2/c1-15(2,3)20-14(19)17-10-12-6-7-13(11-16-12)18-8-4-5-9-18/h12-13,16H,4-11H2,1-3H3,(H,17,19). The van der Waals surface area contributed by atoms with Crippen LogP contribution in [0.5, 0.6) is 0 Å². The molecule has 20 heavy (non-hydrogen) atoms. The molecule has 1 amide bonds. The number of likely N-dealkylation sites (tertiary alicyclic amines) is 1. The van der Waals surface area contributed by atoms with Gasteiger partial charge in [-0.25, -0.2) is 4.79 Å². The van der Waals surface area contributed by atoms with E-state index in [1.54, 1.807) is 0 Å². The zero-order chi connectivity index (χ0) is 14.6. The van der Waals surface area contributed by atoms with E-state index in [1.165, 1.54) is 32.4 Å². The summed E-state index contributed by atoms with van der Waals surface area (Å²) in [6.45, 7) is 9.85. The van der Waals surface area contributed by atoms with E-state index in [0.29, 0.717) is 18.6 Å². The number of nitrogens with zero attached hydrogens (tertiary/aromatic N) is 1. The third-order valence-electron chi connectivity index (χ3n) is 4.04. The first-order chi connectivity index (χ1) is 9.44. The quantitative estimate of drug-likeness (QED) is 0.828. The number of carbonyl (C=O) groups is 1. The van der Waals surface area contributed by atoms with E-state index in [-0.39, 0.29) is 6.09 Å². The molecule has 2 fully saturated rings. The normalized spacial score (nSPS) is 28.4. The molecule has 2 heterocycles. The molecule has 2 rings (SSSR count). The zero-order valence-corrected chi connectivity index (χ0v) is 13.1. The fourth-order valence-corrected chi connectivity index (χ4v) is 3.01. The number of rotatable bonds is 3. The molecule has 0 aromatic carbocycles. The number of carbonyl (C=O) groups excluding carboxylic acids is 1. The van der Waals surface area contributed by atoms with Gasteiger partial charge in [0.25, 0.3) is 0 Å². The van der Waals surface area contributed by atoms with Gasteiger partial charge in [-0.05, 0) is 59.5 Å². The van der Waals surface area contributed by atoms with Crippen LogP contribution in [0.4, 0.5) is 4.79 Å². The van der Waals surface area contributed by atoms with Crippen molar-refractivity contribution < 1.29 is 9.53 Å². The van der Waals surface area contributed by atoms with Crippen molar-refractivity contribution in [3.63, 3.8) is 0 Å². The van der Waals surface area contributed by atoms with Gasteiger partial charge in [0, 0.05) is 25.2 Å². The van der Waals surface area contributed by atoms with E-state index < -0.39 is 5.60 Å². The molecule has 0 aromatic rings. The van der Waals surface area contributed by atoms with Crippen molar-refractivity contribution in [3.8, 4) is 0 Å². The van der Waals surface area contributed by atoms with E-state index in [9.17, 15) is 4.79 Å². The van der Waals surface area contributed by atoms with Gasteiger partial charge in [0.05, 0.1) is 0 Å². The highest BCUT2D eigenvalue weighted by molar-refractivity contribution is 5.67. The van der Waals surface area contributed by atoms with E-state index in [1.807, 2.05) is 20.8 Å². The van der Waals surface area contributed by atoms with Gasteiger partial charge in [-0.15, -0.1) is 0 Å². The van der Waals surface area contributed by atoms with Crippen LogP contribution in [0.2, 0.25) is 0 Å². The van der Waals surface area contributed by atoms with Crippen LogP contribution in [-0.4, -0.2) is 54.9 Å². The molecular weight excluding hydrogens is 254 g/mol. The molecule has 5 nitrogen and oxygen atoms in total. The summed E-state index contributed by atoms with van der Waals surface area (Å²) in [4.78, 5) is 14.2. The molecule has 2 aliphatic heterocycles. The fraction of sp³-hybridized carbons (Fsp3) is 0.933. The predicted molar refractivity (Wildman–Crippen MR) is 79.9 cm³/mol. The first-order valence-electron chi connectivity index (χ1n) is 7.88. The minimum absolute atomic E-state index is 0.319. The molecule has 0 spiro atoms. The van der Waals surface area contributed by atoms with Crippen LogP contribution in [0.1, 0.15) is 46.5 Å². The molecule has 0 saturated carbocycles. The number of piperidine rings is 1. The van der Waals surface area contributed by atoms with Crippen molar-refractivity contribution in [2.75, 3.05) is 26.2 Å². The Morgan fingerprint density at radius 1 is 1.30 bits per heavy atom. The average Bonchev–Trinajstić information content (AvgIpc) is 2.89. The van der Waals surface area contributed by atoms with Crippen LogP contribution in [0.15, 0.2) is 0 Å². The molecule has 0 radical (unpaired) electrons. The zero-order valence-electron chi connectivity index (χ0n) is 13.1. The fourth-order valence-electron chi connectivity index (χ4n) is 3.01. The maximum absolute atomic E-state index is 11.6. The van der Waals surface area contributed by atoms with Gasteiger partial charge in [-0.2, -0.15) is 0 Å². The highest BCUT2D eigenvalue weighted by atomic mass is 16.6. The van der Waals surface area contributed by atoms with Crippen molar-refractivity contribution in [2.45, 2.75) is 64.1 Å². The minimum atomic E-state index is -0.426. The van der Waals surface area contributed by atoms with Crippen molar-refractivity contribution >= 4 is 6.09 Å². The Balaban J connectivity index is 1.63. The van der Waals surface area contributed by atoms with E-state index in [0.717, 1.165) is 13.0 Å². The highest BCUT2D eigenvalue weighted by Crippen LogP contribution is 2.18. The van der Waals surface area contributed by atoms with Crippen molar-refractivity contribution in [1.29, 1.82) is 0 Å². The molecule has 2 aliphatic rings. The number of hydrogen-bond donors (Lipinski definition) is 2. The second-order valence-electron chi connectivity index (χ2n) is 6.96. The molecule has 0 aliphatic carbocycles. The van der Waals surface area contributed by atoms with Gasteiger partial charge in [-0.1, -0.05) is 0 Å². The second kappa shape index (κ2) is 6.76. The maximum Gasteiger partial charge on any atom is 0.407 e. The summed E-state index contributed by atoms with van der Waals surface area (Å²) >= 11 is 0. The van der Waals surface area contributed by atoms with E-state index in [2.05, 4.69) is 15.5 Å². The second-order valence-corrected chi connectivity index (χ2v) is 6.96. The van der Waals surface area contributed by atoms with E-state index >= 15 is 0 Å². The first-order valence-corrected chi connectivity index (χ1v) is 7.88. The van der Waals surface area contributed by atoms with Crippen LogP contribution in [0.25, 0.3) is 0 Å². The first kappa shape index (κ1) is 15.6. The number of nitrogens with one attached hydrogen (secondary N) is 2. The molecule has 2 saturated heterocycles. The lowest BCUT2D eigenvalue weighted by molar-refractivity contribution is 0.0518. The van der Waals surface area contributed by atoms with Gasteiger partial charge in [0.15, 0.2) is 0 Å². The summed E-state index contributed by atoms with van der Waals surface area (Å²) in [7, 11) is 0. The summed E-state index contributed by atoms with van der Waals surface area (Å²) in [5.74, 6) is 0. The SMILES string of the molecule is CC(C)(C)OC(=O)NCC1CCC(N2CCCC2)CN1. The number of ether oxygens (including phenoxy) is 1. The minimum Gasteiger partial charge on any atom is -0.444 e.